The summed E-state index contributed by atoms with van der Waals surface area (Å²) in [5.41, 5.74) is 0.690. The third-order valence-electron chi connectivity index (χ3n) is 3.72. The molecule has 1 aromatic carbocycles. The van der Waals surface area contributed by atoms with Crippen molar-refractivity contribution in [2.45, 2.75) is 39.5 Å². The first-order chi connectivity index (χ1) is 11.0. The van der Waals surface area contributed by atoms with Crippen LogP contribution in [-0.4, -0.2) is 49.3 Å². The second kappa shape index (κ2) is 8.26. The van der Waals surface area contributed by atoms with E-state index in [1.807, 2.05) is 13.8 Å². The molecule has 2 rings (SSSR count). The van der Waals surface area contributed by atoms with Gasteiger partial charge in [0.05, 0.1) is 12.7 Å². The van der Waals surface area contributed by atoms with Gasteiger partial charge in [0.1, 0.15) is 6.10 Å². The number of morpholine rings is 1. The molecule has 0 bridgehead atoms. The maximum absolute atomic E-state index is 13.9. The first-order valence-corrected chi connectivity index (χ1v) is 8.06. The summed E-state index contributed by atoms with van der Waals surface area (Å²) in [5, 5.41) is 2.80. The molecule has 0 unspecified atom stereocenters. The maximum atomic E-state index is 13.9. The smallest absolute Gasteiger partial charge is 0.250 e. The Labute approximate surface area is 136 Å². The Kier molecular flexibility index (Phi) is 6.36. The number of carbonyl (C=O) groups is 1. The summed E-state index contributed by atoms with van der Waals surface area (Å²) < 4.78 is 24.8. The Morgan fingerprint density at radius 2 is 2.30 bits per heavy atom. The Balaban J connectivity index is 1.87. The third-order valence-corrected chi connectivity index (χ3v) is 3.72. The molecule has 5 nitrogen and oxygen atoms in total. The van der Waals surface area contributed by atoms with E-state index in [0.29, 0.717) is 18.7 Å². The average Bonchev–Trinajstić information content (AvgIpc) is 2.54. The lowest BCUT2D eigenvalue weighted by Crippen LogP contribution is -2.49. The van der Waals surface area contributed by atoms with Gasteiger partial charge < -0.3 is 14.8 Å². The van der Waals surface area contributed by atoms with Crippen LogP contribution in [0.15, 0.2) is 18.2 Å². The van der Waals surface area contributed by atoms with Crippen molar-refractivity contribution in [1.29, 1.82) is 0 Å². The van der Waals surface area contributed by atoms with Crippen molar-refractivity contribution < 1.29 is 18.7 Å². The van der Waals surface area contributed by atoms with Crippen molar-refractivity contribution in [2.24, 2.45) is 0 Å². The molecule has 1 aliphatic heterocycles. The van der Waals surface area contributed by atoms with Crippen LogP contribution in [0.5, 0.6) is 5.75 Å². The summed E-state index contributed by atoms with van der Waals surface area (Å²) in [5.74, 6) is -0.355. The molecule has 1 aliphatic rings. The topological polar surface area (TPSA) is 50.8 Å². The van der Waals surface area contributed by atoms with Gasteiger partial charge in [-0.3, -0.25) is 9.69 Å². The predicted molar refractivity (Wildman–Crippen MR) is 85.9 cm³/mol. The van der Waals surface area contributed by atoms with Gasteiger partial charge in [0.25, 0.3) is 5.91 Å². The standard InChI is InChI=1S/C17H25FN2O3/c1-4-20-7-8-22-16(11-20)17(21)19-10-13-5-6-15(14(18)9-13)23-12(2)3/h5-6,9,12,16H,4,7-8,10-11H2,1-3H3,(H,19,21)/t16-/m1/s1. The largest absolute Gasteiger partial charge is 0.488 e. The zero-order chi connectivity index (χ0) is 16.8. The molecule has 128 valence electrons. The molecule has 0 radical (unpaired) electrons. The monoisotopic (exact) mass is 324 g/mol. The minimum Gasteiger partial charge on any atom is -0.488 e. The highest BCUT2D eigenvalue weighted by Crippen LogP contribution is 2.19. The van der Waals surface area contributed by atoms with Crippen molar-refractivity contribution in [3.8, 4) is 5.75 Å². The number of rotatable bonds is 6. The number of hydrogen-bond donors (Lipinski definition) is 1. The van der Waals surface area contributed by atoms with Crippen molar-refractivity contribution >= 4 is 5.91 Å². The van der Waals surface area contributed by atoms with E-state index in [1.54, 1.807) is 12.1 Å². The molecule has 1 fully saturated rings. The predicted octanol–water partition coefficient (Wildman–Crippen LogP) is 1.95. The third kappa shape index (κ3) is 5.18. The van der Waals surface area contributed by atoms with Crippen molar-refractivity contribution in [3.63, 3.8) is 0 Å². The van der Waals surface area contributed by atoms with Gasteiger partial charge in [-0.1, -0.05) is 13.0 Å². The second-order valence-corrected chi connectivity index (χ2v) is 5.90. The highest BCUT2D eigenvalue weighted by Gasteiger charge is 2.25. The van der Waals surface area contributed by atoms with Crippen LogP contribution < -0.4 is 10.1 Å². The molecule has 1 amide bonds. The lowest BCUT2D eigenvalue weighted by molar-refractivity contribution is -0.138. The summed E-state index contributed by atoms with van der Waals surface area (Å²) in [6.07, 6.45) is -0.544. The van der Waals surface area contributed by atoms with E-state index in [1.165, 1.54) is 6.07 Å². The van der Waals surface area contributed by atoms with Gasteiger partial charge in [-0.05, 0) is 38.1 Å². The number of nitrogens with zero attached hydrogens (tertiary/aromatic N) is 1. The van der Waals surface area contributed by atoms with E-state index >= 15 is 0 Å². The molecule has 6 heteroatoms. The molecule has 1 atom stereocenters. The van der Waals surface area contributed by atoms with Crippen molar-refractivity contribution in [2.75, 3.05) is 26.2 Å². The van der Waals surface area contributed by atoms with Gasteiger partial charge >= 0.3 is 0 Å². The highest BCUT2D eigenvalue weighted by atomic mass is 19.1. The van der Waals surface area contributed by atoms with Crippen LogP contribution in [0.3, 0.4) is 0 Å². The van der Waals surface area contributed by atoms with E-state index in [4.69, 9.17) is 9.47 Å². The summed E-state index contributed by atoms with van der Waals surface area (Å²) in [6, 6.07) is 4.73. The summed E-state index contributed by atoms with van der Waals surface area (Å²) in [7, 11) is 0. The molecule has 1 saturated heterocycles. The van der Waals surface area contributed by atoms with E-state index < -0.39 is 11.9 Å². The lowest BCUT2D eigenvalue weighted by atomic mass is 10.2. The molecule has 1 N–H and O–H groups in total. The summed E-state index contributed by atoms with van der Waals surface area (Å²) >= 11 is 0. The highest BCUT2D eigenvalue weighted by molar-refractivity contribution is 5.81. The number of benzene rings is 1. The SMILES string of the molecule is CCN1CCO[C@@H](C(=O)NCc2ccc(OC(C)C)c(F)c2)C1. The first kappa shape index (κ1) is 17.7. The molecule has 0 aliphatic carbocycles. The van der Waals surface area contributed by atoms with Crippen LogP contribution in [0, 0.1) is 5.82 Å². The van der Waals surface area contributed by atoms with E-state index in [-0.39, 0.29) is 24.3 Å². The molecule has 0 spiro atoms. The average molecular weight is 324 g/mol. The molecule has 1 aromatic rings. The van der Waals surface area contributed by atoms with Gasteiger partial charge in [-0.2, -0.15) is 0 Å². The summed E-state index contributed by atoms with van der Waals surface area (Å²) in [4.78, 5) is 14.3. The molecule has 0 saturated carbocycles. The number of hydrogen-bond acceptors (Lipinski definition) is 4. The number of likely N-dealkylation sites (N-methyl/N-ethyl adjacent to an activating group) is 1. The fourth-order valence-corrected chi connectivity index (χ4v) is 2.46. The Bertz CT molecular complexity index is 537. The van der Waals surface area contributed by atoms with E-state index in [9.17, 15) is 9.18 Å². The van der Waals surface area contributed by atoms with Gasteiger partial charge in [0, 0.05) is 19.6 Å². The van der Waals surface area contributed by atoms with Gasteiger partial charge in [0.15, 0.2) is 11.6 Å². The van der Waals surface area contributed by atoms with Gasteiger partial charge in [-0.15, -0.1) is 0 Å². The van der Waals surface area contributed by atoms with Crippen LogP contribution in [-0.2, 0) is 16.1 Å². The zero-order valence-corrected chi connectivity index (χ0v) is 14.0. The van der Waals surface area contributed by atoms with E-state index in [2.05, 4.69) is 17.1 Å². The Morgan fingerprint density at radius 3 is 2.96 bits per heavy atom. The fourth-order valence-electron chi connectivity index (χ4n) is 2.46. The van der Waals surface area contributed by atoms with Crippen molar-refractivity contribution in [1.82, 2.24) is 10.2 Å². The molecule has 1 heterocycles. The van der Waals surface area contributed by atoms with Crippen LogP contribution in [0.25, 0.3) is 0 Å². The normalized spacial score (nSPS) is 18.9. The zero-order valence-electron chi connectivity index (χ0n) is 14.0. The fraction of sp³-hybridized carbons (Fsp3) is 0.588. The quantitative estimate of drug-likeness (QED) is 0.869. The molecular weight excluding hydrogens is 299 g/mol. The van der Waals surface area contributed by atoms with Gasteiger partial charge in [-0.25, -0.2) is 4.39 Å². The van der Waals surface area contributed by atoms with Crippen LogP contribution in [0.2, 0.25) is 0 Å². The van der Waals surface area contributed by atoms with Crippen LogP contribution in [0.1, 0.15) is 26.3 Å². The number of ether oxygens (including phenoxy) is 2. The van der Waals surface area contributed by atoms with E-state index in [0.717, 1.165) is 13.1 Å². The summed E-state index contributed by atoms with van der Waals surface area (Å²) in [6.45, 7) is 8.92. The van der Waals surface area contributed by atoms with Crippen LogP contribution >= 0.6 is 0 Å². The second-order valence-electron chi connectivity index (χ2n) is 5.90. The van der Waals surface area contributed by atoms with Crippen LogP contribution in [0.4, 0.5) is 4.39 Å². The first-order valence-electron chi connectivity index (χ1n) is 8.06. The number of carbonyl (C=O) groups excluding carboxylic acids is 1. The minimum atomic E-state index is -0.461. The minimum absolute atomic E-state index is 0.0833. The molecule has 23 heavy (non-hydrogen) atoms. The Hall–Kier alpha value is -1.66. The molecule has 0 aromatic heterocycles. The molecular formula is C17H25FN2O3. The van der Waals surface area contributed by atoms with Crippen molar-refractivity contribution in [3.05, 3.63) is 29.6 Å². The maximum Gasteiger partial charge on any atom is 0.250 e. The number of amides is 1. The number of nitrogens with one attached hydrogen (secondary N) is 1. The van der Waals surface area contributed by atoms with Gasteiger partial charge in [0.2, 0.25) is 0 Å². The Morgan fingerprint density at radius 1 is 1.52 bits per heavy atom. The lowest BCUT2D eigenvalue weighted by Gasteiger charge is -2.31. The number of halogens is 1.